The van der Waals surface area contributed by atoms with Crippen LogP contribution in [0.4, 0.5) is 18.9 Å². The van der Waals surface area contributed by atoms with Crippen LogP contribution in [-0.2, 0) is 9.59 Å². The van der Waals surface area contributed by atoms with Gasteiger partial charge >= 0.3 is 12.1 Å². The summed E-state index contributed by atoms with van der Waals surface area (Å²) in [7, 11) is 0. The molecule has 1 aliphatic rings. The number of carboxylic acid groups (broad SMARTS) is 1. The van der Waals surface area contributed by atoms with E-state index in [0.29, 0.717) is 10.6 Å². The number of halogens is 5. The van der Waals surface area contributed by atoms with Crippen LogP contribution in [0.5, 0.6) is 0 Å². The van der Waals surface area contributed by atoms with Crippen LogP contribution in [-0.4, -0.2) is 23.2 Å². The molecule has 0 aromatic heterocycles. The molecule has 1 amide bonds. The average molecular weight is 488 g/mol. The van der Waals surface area contributed by atoms with Gasteiger partial charge in [-0.15, -0.1) is 0 Å². The van der Waals surface area contributed by atoms with Crippen molar-refractivity contribution in [2.75, 3.05) is 5.32 Å². The first kappa shape index (κ1) is 24.4. The van der Waals surface area contributed by atoms with Gasteiger partial charge in [0.05, 0.1) is 29.0 Å². The van der Waals surface area contributed by atoms with Crippen molar-refractivity contribution in [1.82, 2.24) is 0 Å². The van der Waals surface area contributed by atoms with Crippen LogP contribution in [0.2, 0.25) is 10.0 Å². The predicted octanol–water partition coefficient (Wildman–Crippen LogP) is 6.88. The maximum atomic E-state index is 13.2. The van der Waals surface area contributed by atoms with E-state index in [1.54, 1.807) is 19.1 Å². The number of amides is 1. The van der Waals surface area contributed by atoms with E-state index in [4.69, 9.17) is 23.2 Å². The zero-order chi connectivity index (χ0) is 23.6. The fourth-order valence-corrected chi connectivity index (χ4v) is 4.22. The van der Waals surface area contributed by atoms with Crippen LogP contribution >= 0.6 is 23.2 Å². The molecule has 172 valence electrons. The molecule has 3 rings (SSSR count). The Bertz CT molecular complexity index is 991. The van der Waals surface area contributed by atoms with Gasteiger partial charge in [-0.1, -0.05) is 48.3 Å². The quantitative estimate of drug-likeness (QED) is 0.426. The average Bonchev–Trinajstić information content (AvgIpc) is 3.53. The van der Waals surface area contributed by atoms with E-state index in [1.165, 1.54) is 30.3 Å². The van der Waals surface area contributed by atoms with Crippen molar-refractivity contribution in [3.8, 4) is 0 Å². The van der Waals surface area contributed by atoms with Gasteiger partial charge in [0.15, 0.2) is 0 Å². The van der Waals surface area contributed by atoms with Gasteiger partial charge in [-0.3, -0.25) is 9.59 Å². The van der Waals surface area contributed by atoms with E-state index in [-0.39, 0.29) is 28.1 Å². The molecule has 3 atom stereocenters. The third-order valence-corrected chi connectivity index (χ3v) is 6.30. The number of hydrogen-bond acceptors (Lipinski definition) is 2. The molecule has 0 saturated heterocycles. The van der Waals surface area contributed by atoms with Crippen molar-refractivity contribution < 1.29 is 27.9 Å². The molecule has 3 unspecified atom stereocenters. The zero-order valence-corrected chi connectivity index (χ0v) is 18.6. The van der Waals surface area contributed by atoms with Crippen molar-refractivity contribution in [3.05, 3.63) is 63.6 Å². The van der Waals surface area contributed by atoms with Crippen LogP contribution in [0.1, 0.15) is 49.1 Å². The number of carbonyl (C=O) groups is 2. The molecule has 9 heteroatoms. The molecule has 1 aliphatic carbocycles. The van der Waals surface area contributed by atoms with Crippen molar-refractivity contribution in [3.63, 3.8) is 0 Å². The third kappa shape index (κ3) is 6.17. The summed E-state index contributed by atoms with van der Waals surface area (Å²) in [6.45, 7) is 1.62. The molecule has 0 bridgehead atoms. The first-order valence-electron chi connectivity index (χ1n) is 10.1. The number of anilines is 1. The predicted molar refractivity (Wildman–Crippen MR) is 117 cm³/mol. The van der Waals surface area contributed by atoms with Crippen LogP contribution in [0.25, 0.3) is 0 Å². The van der Waals surface area contributed by atoms with Gasteiger partial charge in [-0.25, -0.2) is 0 Å². The number of rotatable bonds is 8. The van der Waals surface area contributed by atoms with Gasteiger partial charge in [0.1, 0.15) is 0 Å². The number of nitrogens with one attached hydrogen (secondary N) is 1. The van der Waals surface area contributed by atoms with Crippen molar-refractivity contribution in [2.45, 2.75) is 44.2 Å². The number of carbonyl (C=O) groups excluding carboxylic acids is 1. The highest BCUT2D eigenvalue weighted by Crippen LogP contribution is 2.47. The summed E-state index contributed by atoms with van der Waals surface area (Å²) in [5, 5.41) is 12.5. The first-order valence-corrected chi connectivity index (χ1v) is 10.9. The second-order valence-corrected chi connectivity index (χ2v) is 8.99. The van der Waals surface area contributed by atoms with Gasteiger partial charge < -0.3 is 10.4 Å². The molecule has 1 saturated carbocycles. The molecule has 32 heavy (non-hydrogen) atoms. The lowest BCUT2D eigenvalue weighted by Crippen LogP contribution is -2.26. The molecule has 1 fully saturated rings. The van der Waals surface area contributed by atoms with Crippen LogP contribution in [0, 0.1) is 11.8 Å². The minimum Gasteiger partial charge on any atom is -0.481 e. The highest BCUT2D eigenvalue weighted by molar-refractivity contribution is 6.33. The van der Waals surface area contributed by atoms with Crippen LogP contribution < -0.4 is 5.32 Å². The summed E-state index contributed by atoms with van der Waals surface area (Å²) >= 11 is 12.0. The molecule has 0 heterocycles. The summed E-state index contributed by atoms with van der Waals surface area (Å²) in [6, 6.07) is 10.4. The molecule has 2 aromatic carbocycles. The molecule has 0 radical (unpaired) electrons. The van der Waals surface area contributed by atoms with Crippen molar-refractivity contribution in [2.24, 2.45) is 11.8 Å². The smallest absolute Gasteiger partial charge is 0.390 e. The fourth-order valence-electron chi connectivity index (χ4n) is 3.93. The van der Waals surface area contributed by atoms with Crippen LogP contribution in [0.3, 0.4) is 0 Å². The Hall–Kier alpha value is -2.25. The van der Waals surface area contributed by atoms with Gasteiger partial charge in [-0.2, -0.15) is 13.2 Å². The fraction of sp³-hybridized carbons (Fsp3) is 0.391. The third-order valence-electron chi connectivity index (χ3n) is 5.72. The van der Waals surface area contributed by atoms with E-state index in [9.17, 15) is 27.9 Å². The van der Waals surface area contributed by atoms with Gasteiger partial charge in [0.25, 0.3) is 0 Å². The molecule has 2 N–H and O–H groups in total. The Morgan fingerprint density at radius 1 is 1.09 bits per heavy atom. The normalized spacial score (nSPS) is 16.8. The summed E-state index contributed by atoms with van der Waals surface area (Å²) in [4.78, 5) is 24.5. The monoisotopic (exact) mass is 487 g/mol. The van der Waals surface area contributed by atoms with E-state index < -0.39 is 36.3 Å². The standard InChI is InChI=1S/C23H22Cl2F3NO3/c1-12(22(31)32)20(14-2-3-14)15-6-9-18(25)19(10-15)29-21(30)17(11-23(26,27)28)13-4-7-16(24)8-5-13/h4-10,12,14,17,20H,2-3,11H2,1H3,(H,29,30)(H,31,32). The summed E-state index contributed by atoms with van der Waals surface area (Å²) in [6.07, 6.45) is -4.12. The Kier molecular flexibility index (Phi) is 7.40. The van der Waals surface area contributed by atoms with Gasteiger partial charge in [-0.05, 0) is 60.1 Å². The van der Waals surface area contributed by atoms with Crippen molar-refractivity contribution in [1.29, 1.82) is 0 Å². The Labute approximate surface area is 193 Å². The van der Waals surface area contributed by atoms with Gasteiger partial charge in [0, 0.05) is 5.02 Å². The maximum absolute atomic E-state index is 13.2. The minimum atomic E-state index is -4.57. The summed E-state index contributed by atoms with van der Waals surface area (Å²) < 4.78 is 39.6. The minimum absolute atomic E-state index is 0.151. The van der Waals surface area contributed by atoms with Crippen molar-refractivity contribution >= 4 is 40.8 Å². The summed E-state index contributed by atoms with van der Waals surface area (Å²) in [5.41, 5.74) is 1.01. The topological polar surface area (TPSA) is 66.4 Å². The molecule has 0 aliphatic heterocycles. The van der Waals surface area contributed by atoms with Crippen LogP contribution in [0.15, 0.2) is 42.5 Å². The molecular formula is C23H22Cl2F3NO3. The lowest BCUT2D eigenvalue weighted by Gasteiger charge is -2.23. The number of carboxylic acids is 1. The Morgan fingerprint density at radius 3 is 2.22 bits per heavy atom. The van der Waals surface area contributed by atoms with E-state index in [2.05, 4.69) is 5.32 Å². The zero-order valence-electron chi connectivity index (χ0n) is 17.1. The SMILES string of the molecule is CC(C(=O)O)C(c1ccc(Cl)c(NC(=O)C(CC(F)(F)F)c2ccc(Cl)cc2)c1)C1CC1. The maximum Gasteiger partial charge on any atom is 0.390 e. The number of benzene rings is 2. The van der Waals surface area contributed by atoms with E-state index in [1.807, 2.05) is 0 Å². The second kappa shape index (κ2) is 9.71. The number of hydrogen-bond donors (Lipinski definition) is 2. The lowest BCUT2D eigenvalue weighted by atomic mass is 9.83. The number of alkyl halides is 3. The van der Waals surface area contributed by atoms with E-state index in [0.717, 1.165) is 12.8 Å². The molecule has 0 spiro atoms. The second-order valence-electron chi connectivity index (χ2n) is 8.14. The lowest BCUT2D eigenvalue weighted by molar-refractivity contribution is -0.146. The molecule has 2 aromatic rings. The largest absolute Gasteiger partial charge is 0.481 e. The summed E-state index contributed by atoms with van der Waals surface area (Å²) in [5.74, 6) is -4.02. The Morgan fingerprint density at radius 2 is 1.69 bits per heavy atom. The highest BCUT2D eigenvalue weighted by atomic mass is 35.5. The molecular weight excluding hydrogens is 466 g/mol. The van der Waals surface area contributed by atoms with Gasteiger partial charge in [0.2, 0.25) is 5.91 Å². The number of aliphatic carboxylic acids is 1. The Balaban J connectivity index is 1.89. The van der Waals surface area contributed by atoms with E-state index >= 15 is 0 Å². The first-order chi connectivity index (χ1) is 15.0. The highest BCUT2D eigenvalue weighted by Gasteiger charge is 2.39. The molecule has 4 nitrogen and oxygen atoms in total.